The molecule has 1 saturated carbocycles. The standard InChI is InChI=1S/C23H30NO9P/c1-23(2)19(13-8-9-15(24(3)4)16(10-13)32-33-34(26,27)28)20(23)21(25)14-11-17(29-5)22(31-7)18(12-14)30-6/h8-12,19-20H,1-7H3,(H2,26,27,28). The van der Waals surface area contributed by atoms with E-state index in [2.05, 4.69) is 4.67 Å². The van der Waals surface area contributed by atoms with Crippen molar-refractivity contribution in [3.05, 3.63) is 41.5 Å². The zero-order valence-electron chi connectivity index (χ0n) is 20.2. The topological polar surface area (TPSA) is 124 Å². The molecule has 3 rings (SSSR count). The SMILES string of the molecule is COc1cc(C(=O)C2C(c3ccc(N(C)C)c(OOP(=O)(O)O)c3)C2(C)C)cc(OC)c1OC. The summed E-state index contributed by atoms with van der Waals surface area (Å²) < 4.78 is 31.5. The van der Waals surface area contributed by atoms with Crippen LogP contribution < -0.4 is 24.0 Å². The van der Waals surface area contributed by atoms with Crippen LogP contribution in [0.3, 0.4) is 0 Å². The fraction of sp³-hybridized carbons (Fsp3) is 0.435. The van der Waals surface area contributed by atoms with Crippen molar-refractivity contribution in [1.82, 2.24) is 0 Å². The summed E-state index contributed by atoms with van der Waals surface area (Å²) in [6.45, 7) is 3.98. The summed E-state index contributed by atoms with van der Waals surface area (Å²) in [5.74, 6) is 0.720. The number of rotatable bonds is 10. The van der Waals surface area contributed by atoms with Gasteiger partial charge in [-0.2, -0.15) is 0 Å². The fourth-order valence-electron chi connectivity index (χ4n) is 4.40. The highest BCUT2D eigenvalue weighted by atomic mass is 31.2. The minimum absolute atomic E-state index is 0.0834. The minimum Gasteiger partial charge on any atom is -0.493 e. The van der Waals surface area contributed by atoms with Crippen LogP contribution in [-0.4, -0.2) is 51.0 Å². The lowest BCUT2D eigenvalue weighted by molar-refractivity contribution is -0.122. The Labute approximate surface area is 198 Å². The number of Topliss-reactive ketones (excluding diaryl/α,β-unsaturated/α-hetero) is 1. The van der Waals surface area contributed by atoms with Gasteiger partial charge in [0, 0.05) is 31.5 Å². The number of ketones is 1. The van der Waals surface area contributed by atoms with Gasteiger partial charge in [-0.05, 0) is 35.2 Å². The van der Waals surface area contributed by atoms with Gasteiger partial charge in [0.05, 0.1) is 27.0 Å². The largest absolute Gasteiger partial charge is 0.505 e. The maximum absolute atomic E-state index is 13.5. The van der Waals surface area contributed by atoms with E-state index < -0.39 is 7.82 Å². The third-order valence-electron chi connectivity index (χ3n) is 6.11. The fourth-order valence-corrected chi connectivity index (χ4v) is 4.58. The molecule has 11 heteroatoms. The molecule has 2 unspecified atom stereocenters. The number of ether oxygens (including phenoxy) is 3. The van der Waals surface area contributed by atoms with Gasteiger partial charge in [0.1, 0.15) is 0 Å². The van der Waals surface area contributed by atoms with Gasteiger partial charge in [0.15, 0.2) is 23.0 Å². The van der Waals surface area contributed by atoms with Crippen LogP contribution >= 0.6 is 7.82 Å². The number of methoxy groups -OCH3 is 3. The van der Waals surface area contributed by atoms with Crippen molar-refractivity contribution < 1.29 is 42.9 Å². The van der Waals surface area contributed by atoms with Crippen molar-refractivity contribution in [2.75, 3.05) is 40.3 Å². The molecule has 0 bridgehead atoms. The molecule has 10 nitrogen and oxygen atoms in total. The average molecular weight is 495 g/mol. The Kier molecular flexibility index (Phi) is 7.19. The van der Waals surface area contributed by atoms with Crippen molar-refractivity contribution in [3.8, 4) is 23.0 Å². The highest BCUT2D eigenvalue weighted by Gasteiger charge is 2.62. The molecule has 1 fully saturated rings. The third-order valence-corrected chi connectivity index (χ3v) is 6.38. The van der Waals surface area contributed by atoms with Gasteiger partial charge < -0.3 is 33.8 Å². The number of anilines is 1. The first-order chi connectivity index (χ1) is 15.8. The maximum Gasteiger partial charge on any atom is 0.505 e. The molecule has 0 aromatic heterocycles. The van der Waals surface area contributed by atoms with Gasteiger partial charge in [-0.15, -0.1) is 0 Å². The first kappa shape index (κ1) is 25.8. The first-order valence-corrected chi connectivity index (χ1v) is 12.0. The van der Waals surface area contributed by atoms with Crippen molar-refractivity contribution in [1.29, 1.82) is 0 Å². The van der Waals surface area contributed by atoms with E-state index in [1.54, 1.807) is 43.3 Å². The monoisotopic (exact) mass is 495 g/mol. The van der Waals surface area contributed by atoms with E-state index in [9.17, 15) is 9.36 Å². The van der Waals surface area contributed by atoms with Gasteiger partial charge in [0.25, 0.3) is 0 Å². The highest BCUT2D eigenvalue weighted by Crippen LogP contribution is 2.66. The van der Waals surface area contributed by atoms with Crippen LogP contribution in [0.5, 0.6) is 23.0 Å². The van der Waals surface area contributed by atoms with E-state index >= 15 is 0 Å². The zero-order chi connectivity index (χ0) is 25.4. The second kappa shape index (κ2) is 9.46. The Hall–Kier alpha value is -2.78. The molecular formula is C23H30NO9P. The van der Waals surface area contributed by atoms with E-state index in [0.29, 0.717) is 28.5 Å². The molecule has 186 valence electrons. The van der Waals surface area contributed by atoms with Gasteiger partial charge in [0.2, 0.25) is 5.75 Å². The number of hydrogen-bond acceptors (Lipinski definition) is 8. The predicted molar refractivity (Wildman–Crippen MR) is 125 cm³/mol. The van der Waals surface area contributed by atoms with Crippen molar-refractivity contribution >= 4 is 19.3 Å². The van der Waals surface area contributed by atoms with E-state index in [1.807, 2.05) is 19.9 Å². The maximum atomic E-state index is 13.5. The van der Waals surface area contributed by atoms with Crippen molar-refractivity contribution in [2.24, 2.45) is 11.3 Å². The van der Waals surface area contributed by atoms with Crippen LogP contribution in [0.15, 0.2) is 30.3 Å². The molecule has 0 spiro atoms. The van der Waals surface area contributed by atoms with Crippen LogP contribution in [0.4, 0.5) is 5.69 Å². The van der Waals surface area contributed by atoms with Crippen LogP contribution in [0.1, 0.15) is 35.7 Å². The summed E-state index contributed by atoms with van der Waals surface area (Å²) in [5, 5.41) is 0. The summed E-state index contributed by atoms with van der Waals surface area (Å²) in [4.78, 5) is 38.3. The summed E-state index contributed by atoms with van der Waals surface area (Å²) in [7, 11) is 3.15. The van der Waals surface area contributed by atoms with Gasteiger partial charge in [-0.25, -0.2) is 4.57 Å². The Balaban J connectivity index is 1.96. The Morgan fingerprint density at radius 1 is 0.971 bits per heavy atom. The molecule has 34 heavy (non-hydrogen) atoms. The molecule has 0 radical (unpaired) electrons. The van der Waals surface area contributed by atoms with Crippen LogP contribution in [-0.2, 0) is 9.24 Å². The first-order valence-electron chi connectivity index (χ1n) is 10.4. The molecule has 0 saturated heterocycles. The van der Waals surface area contributed by atoms with Crippen molar-refractivity contribution in [3.63, 3.8) is 0 Å². The lowest BCUT2D eigenvalue weighted by Crippen LogP contribution is -2.11. The van der Waals surface area contributed by atoms with E-state index in [1.165, 1.54) is 21.3 Å². The molecular weight excluding hydrogens is 465 g/mol. The minimum atomic E-state index is -4.85. The number of phosphoric acid groups is 1. The van der Waals surface area contributed by atoms with Gasteiger partial charge in [-0.1, -0.05) is 24.6 Å². The lowest BCUT2D eigenvalue weighted by atomic mass is 10.0. The average Bonchev–Trinajstić information content (AvgIpc) is 3.36. The van der Waals surface area contributed by atoms with E-state index in [-0.39, 0.29) is 28.8 Å². The summed E-state index contributed by atoms with van der Waals surface area (Å²) >= 11 is 0. The summed E-state index contributed by atoms with van der Waals surface area (Å²) in [5.41, 5.74) is 1.40. The highest BCUT2D eigenvalue weighted by molar-refractivity contribution is 7.46. The molecule has 0 aliphatic heterocycles. The van der Waals surface area contributed by atoms with Crippen LogP contribution in [0.2, 0.25) is 0 Å². The number of carbonyl (C=O) groups is 1. The number of carbonyl (C=O) groups excluding carboxylic acids is 1. The van der Waals surface area contributed by atoms with Gasteiger partial charge >= 0.3 is 7.82 Å². The van der Waals surface area contributed by atoms with E-state index in [4.69, 9.17) is 28.9 Å². The van der Waals surface area contributed by atoms with Crippen molar-refractivity contribution in [2.45, 2.75) is 19.8 Å². The molecule has 2 aromatic rings. The second-order valence-electron chi connectivity index (χ2n) is 8.83. The second-order valence-corrected chi connectivity index (χ2v) is 9.96. The molecule has 1 aliphatic rings. The summed E-state index contributed by atoms with van der Waals surface area (Å²) in [6.07, 6.45) is 0. The smallest absolute Gasteiger partial charge is 0.493 e. The number of benzene rings is 2. The molecule has 0 amide bonds. The molecule has 2 N–H and O–H groups in total. The number of hydrogen-bond donors (Lipinski definition) is 2. The lowest BCUT2D eigenvalue weighted by Gasteiger charge is -2.18. The predicted octanol–water partition coefficient (Wildman–Crippen LogP) is 3.80. The summed E-state index contributed by atoms with van der Waals surface area (Å²) in [6, 6.07) is 8.52. The van der Waals surface area contributed by atoms with Crippen LogP contribution in [0, 0.1) is 11.3 Å². The Morgan fingerprint density at radius 2 is 1.56 bits per heavy atom. The Morgan fingerprint density at radius 3 is 2.03 bits per heavy atom. The zero-order valence-corrected chi connectivity index (χ0v) is 21.1. The quantitative estimate of drug-likeness (QED) is 0.218. The molecule has 0 heterocycles. The molecule has 2 aromatic carbocycles. The van der Waals surface area contributed by atoms with Gasteiger partial charge in [-0.3, -0.25) is 4.79 Å². The van der Waals surface area contributed by atoms with Crippen LogP contribution in [0.25, 0.3) is 0 Å². The number of nitrogens with zero attached hydrogens (tertiary/aromatic N) is 1. The normalized spacial score (nSPS) is 18.7. The Bertz CT molecular complexity index is 1100. The third kappa shape index (κ3) is 5.00. The molecule has 2 atom stereocenters. The van der Waals surface area contributed by atoms with E-state index in [0.717, 1.165) is 5.56 Å². The molecule has 1 aliphatic carbocycles.